The van der Waals surface area contributed by atoms with Crippen molar-refractivity contribution >= 4 is 17.1 Å². The molecular formula is C17H20N4O2. The quantitative estimate of drug-likeness (QED) is 0.787. The molecule has 23 heavy (non-hydrogen) atoms. The van der Waals surface area contributed by atoms with E-state index in [1.165, 1.54) is 0 Å². The van der Waals surface area contributed by atoms with E-state index in [1.54, 1.807) is 6.20 Å². The molecule has 0 bridgehead atoms. The normalized spacial score (nSPS) is 17.8. The summed E-state index contributed by atoms with van der Waals surface area (Å²) in [5.41, 5.74) is 1.93. The largest absolute Gasteiger partial charge is 0.423 e. The molecule has 6 heteroatoms. The molecule has 4 rings (SSSR count). The fraction of sp³-hybridized carbons (Fsp3) is 0.412. The molecule has 2 aromatic heterocycles. The lowest BCUT2D eigenvalue weighted by molar-refractivity contribution is 0.000131. The highest BCUT2D eigenvalue weighted by Crippen LogP contribution is 2.34. The Labute approximate surface area is 134 Å². The van der Waals surface area contributed by atoms with Gasteiger partial charge in [-0.15, -0.1) is 0 Å². The number of para-hydroxylation sites is 1. The monoisotopic (exact) mass is 312 g/mol. The van der Waals surface area contributed by atoms with Gasteiger partial charge in [-0.1, -0.05) is 12.1 Å². The van der Waals surface area contributed by atoms with Crippen molar-refractivity contribution < 1.29 is 9.52 Å². The molecule has 1 aromatic carbocycles. The lowest BCUT2D eigenvalue weighted by atomic mass is 9.90. The van der Waals surface area contributed by atoms with Crippen LogP contribution in [0.1, 0.15) is 24.2 Å². The molecule has 0 saturated carbocycles. The van der Waals surface area contributed by atoms with Gasteiger partial charge in [-0.2, -0.15) is 4.98 Å². The number of hydrogen-bond donors (Lipinski definition) is 1. The number of aliphatic hydroxyl groups is 1. The second-order valence-electron chi connectivity index (χ2n) is 6.30. The van der Waals surface area contributed by atoms with E-state index in [2.05, 4.69) is 14.9 Å². The predicted molar refractivity (Wildman–Crippen MR) is 87.3 cm³/mol. The third-order valence-electron chi connectivity index (χ3n) is 4.70. The maximum absolute atomic E-state index is 10.9. The van der Waals surface area contributed by atoms with E-state index in [4.69, 9.17) is 4.42 Å². The Morgan fingerprint density at radius 3 is 2.70 bits per heavy atom. The molecule has 6 nitrogen and oxygen atoms in total. The molecule has 0 radical (unpaired) electrons. The van der Waals surface area contributed by atoms with Crippen LogP contribution in [-0.2, 0) is 12.6 Å². The summed E-state index contributed by atoms with van der Waals surface area (Å²) in [7, 11) is 1.91. The Kier molecular flexibility index (Phi) is 3.16. The van der Waals surface area contributed by atoms with Gasteiger partial charge in [-0.25, -0.2) is 4.98 Å². The fourth-order valence-electron chi connectivity index (χ4n) is 3.32. The van der Waals surface area contributed by atoms with Gasteiger partial charge in [-0.3, -0.25) is 0 Å². The second kappa shape index (κ2) is 5.09. The average molecular weight is 312 g/mol. The van der Waals surface area contributed by atoms with Crippen LogP contribution in [0.3, 0.4) is 0 Å². The van der Waals surface area contributed by atoms with E-state index >= 15 is 0 Å². The van der Waals surface area contributed by atoms with Crippen molar-refractivity contribution in [3.8, 4) is 0 Å². The Bertz CT molecular complexity index is 843. The number of nitrogens with zero attached hydrogens (tertiary/aromatic N) is 4. The predicted octanol–water partition coefficient (Wildman–Crippen LogP) is 2.36. The highest BCUT2D eigenvalue weighted by molar-refractivity contribution is 5.77. The highest BCUT2D eigenvalue weighted by atomic mass is 16.4. The van der Waals surface area contributed by atoms with Crippen LogP contribution < -0.4 is 4.90 Å². The molecule has 0 amide bonds. The number of anilines is 1. The number of rotatable bonds is 2. The van der Waals surface area contributed by atoms with Crippen molar-refractivity contribution in [3.05, 3.63) is 42.0 Å². The van der Waals surface area contributed by atoms with Crippen molar-refractivity contribution in [3.63, 3.8) is 0 Å². The van der Waals surface area contributed by atoms with Crippen LogP contribution in [0.25, 0.3) is 11.1 Å². The summed E-state index contributed by atoms with van der Waals surface area (Å²) in [4.78, 5) is 11.0. The maximum atomic E-state index is 10.9. The van der Waals surface area contributed by atoms with Gasteiger partial charge in [0.15, 0.2) is 5.58 Å². The smallest absolute Gasteiger partial charge is 0.298 e. The zero-order chi connectivity index (χ0) is 16.0. The molecular weight excluding hydrogens is 292 g/mol. The molecule has 0 aliphatic carbocycles. The van der Waals surface area contributed by atoms with Crippen molar-refractivity contribution in [1.29, 1.82) is 0 Å². The van der Waals surface area contributed by atoms with E-state index < -0.39 is 5.60 Å². The van der Waals surface area contributed by atoms with Crippen molar-refractivity contribution in [2.24, 2.45) is 7.05 Å². The highest BCUT2D eigenvalue weighted by Gasteiger charge is 2.38. The minimum Gasteiger partial charge on any atom is -0.423 e. The number of aromatic nitrogens is 3. The molecule has 120 valence electrons. The summed E-state index contributed by atoms with van der Waals surface area (Å²) in [5, 5.41) is 10.9. The van der Waals surface area contributed by atoms with Gasteiger partial charge in [0.05, 0.1) is 0 Å². The molecule has 1 saturated heterocycles. The molecule has 1 N–H and O–H groups in total. The zero-order valence-corrected chi connectivity index (χ0v) is 13.4. The molecule has 0 unspecified atom stereocenters. The fourth-order valence-corrected chi connectivity index (χ4v) is 3.32. The Hall–Kier alpha value is -2.34. The first-order chi connectivity index (χ1) is 11.1. The van der Waals surface area contributed by atoms with Crippen molar-refractivity contribution in [1.82, 2.24) is 14.5 Å². The molecule has 1 fully saturated rings. The van der Waals surface area contributed by atoms with Crippen LogP contribution in [0.15, 0.2) is 35.0 Å². The number of piperidine rings is 1. The summed E-state index contributed by atoms with van der Waals surface area (Å²) >= 11 is 0. The summed E-state index contributed by atoms with van der Waals surface area (Å²) in [5.74, 6) is 0.727. The van der Waals surface area contributed by atoms with E-state index in [-0.39, 0.29) is 0 Å². The Morgan fingerprint density at radius 1 is 1.26 bits per heavy atom. The number of fused-ring (bicyclic) bond motifs is 1. The Morgan fingerprint density at radius 2 is 2.04 bits per heavy atom. The first kappa shape index (κ1) is 14.3. The topological polar surface area (TPSA) is 67.3 Å². The SMILES string of the molecule is Cc1cccc2nc(N3CCC(O)(c4nccn4C)CC3)oc12. The maximum Gasteiger partial charge on any atom is 0.298 e. The molecule has 0 spiro atoms. The summed E-state index contributed by atoms with van der Waals surface area (Å²) in [6.07, 6.45) is 4.80. The standard InChI is InChI=1S/C17H20N4O2/c1-12-4-3-5-13-14(12)23-16(19-13)21-9-6-17(22,7-10-21)15-18-8-11-20(15)2/h3-5,8,11,22H,6-7,9-10H2,1-2H3. The van der Waals surface area contributed by atoms with Crippen LogP contribution in [0.5, 0.6) is 0 Å². The van der Waals surface area contributed by atoms with E-state index in [0.29, 0.717) is 31.9 Å². The van der Waals surface area contributed by atoms with Gasteiger partial charge in [0.25, 0.3) is 6.01 Å². The van der Waals surface area contributed by atoms with Gasteiger partial charge in [0, 0.05) is 45.4 Å². The lowest BCUT2D eigenvalue weighted by Gasteiger charge is -2.36. The van der Waals surface area contributed by atoms with Gasteiger partial charge >= 0.3 is 0 Å². The number of oxazole rings is 1. The first-order valence-corrected chi connectivity index (χ1v) is 7.88. The summed E-state index contributed by atoms with van der Waals surface area (Å²) in [6.45, 7) is 3.40. The molecule has 1 aliphatic rings. The molecule has 1 aliphatic heterocycles. The van der Waals surface area contributed by atoms with E-state index in [9.17, 15) is 5.11 Å². The second-order valence-corrected chi connectivity index (χ2v) is 6.30. The van der Waals surface area contributed by atoms with Crippen LogP contribution in [0.2, 0.25) is 0 Å². The first-order valence-electron chi connectivity index (χ1n) is 7.88. The van der Waals surface area contributed by atoms with Crippen molar-refractivity contribution in [2.75, 3.05) is 18.0 Å². The average Bonchev–Trinajstić information content (AvgIpc) is 3.15. The van der Waals surface area contributed by atoms with Crippen LogP contribution in [0.4, 0.5) is 6.01 Å². The third kappa shape index (κ3) is 2.30. The third-order valence-corrected chi connectivity index (χ3v) is 4.70. The van der Waals surface area contributed by atoms with Gasteiger partial charge in [-0.05, 0) is 18.6 Å². The lowest BCUT2D eigenvalue weighted by Crippen LogP contribution is -2.44. The number of hydrogen-bond acceptors (Lipinski definition) is 5. The zero-order valence-electron chi connectivity index (χ0n) is 13.4. The number of aryl methyl sites for hydroxylation is 2. The summed E-state index contributed by atoms with van der Waals surface area (Å²) < 4.78 is 7.82. The van der Waals surface area contributed by atoms with Gasteiger partial charge in [0.2, 0.25) is 0 Å². The minimum atomic E-state index is -0.878. The van der Waals surface area contributed by atoms with Crippen molar-refractivity contribution in [2.45, 2.75) is 25.4 Å². The summed E-state index contributed by atoms with van der Waals surface area (Å²) in [6, 6.07) is 6.60. The Balaban J connectivity index is 1.57. The van der Waals surface area contributed by atoms with Gasteiger partial charge in [0.1, 0.15) is 16.9 Å². The van der Waals surface area contributed by atoms with Crippen LogP contribution in [-0.4, -0.2) is 32.7 Å². The molecule has 3 aromatic rings. The van der Waals surface area contributed by atoms with Gasteiger partial charge < -0.3 is 19.0 Å². The van der Waals surface area contributed by atoms with Crippen LogP contribution >= 0.6 is 0 Å². The number of benzene rings is 1. The van der Waals surface area contributed by atoms with Crippen LogP contribution in [0, 0.1) is 6.92 Å². The van der Waals surface area contributed by atoms with E-state index in [1.807, 2.05) is 42.9 Å². The minimum absolute atomic E-state index is 0.607. The number of imidazole rings is 1. The van der Waals surface area contributed by atoms with E-state index in [0.717, 1.165) is 22.5 Å². The molecule has 3 heterocycles. The molecule has 0 atom stereocenters.